The van der Waals surface area contributed by atoms with Crippen LogP contribution in [-0.4, -0.2) is 18.3 Å². The van der Waals surface area contributed by atoms with Gasteiger partial charge in [0.05, 0.1) is 6.61 Å². The predicted molar refractivity (Wildman–Crippen MR) is 79.3 cm³/mol. The summed E-state index contributed by atoms with van der Waals surface area (Å²) in [6.45, 7) is 3.28. The number of ether oxygens (including phenoxy) is 1. The highest BCUT2D eigenvalue weighted by molar-refractivity contribution is 5.83. The zero-order chi connectivity index (χ0) is 13.5. The summed E-state index contributed by atoms with van der Waals surface area (Å²) in [7, 11) is 0. The number of fused-ring (bicyclic) bond motifs is 1. The second-order valence-electron chi connectivity index (χ2n) is 4.90. The van der Waals surface area contributed by atoms with Crippen molar-refractivity contribution in [3.63, 3.8) is 0 Å². The van der Waals surface area contributed by atoms with Crippen molar-refractivity contribution in [3.8, 4) is 0 Å². The molecule has 2 heteroatoms. The van der Waals surface area contributed by atoms with E-state index in [2.05, 4.69) is 19.1 Å². The lowest BCUT2D eigenvalue weighted by molar-refractivity contribution is 0.0346. The van der Waals surface area contributed by atoms with Crippen molar-refractivity contribution in [1.82, 2.24) is 0 Å². The topological polar surface area (TPSA) is 29.5 Å². The van der Waals surface area contributed by atoms with E-state index in [1.807, 2.05) is 30.3 Å². The fraction of sp³-hybridized carbons (Fsp3) is 0.412. The molecule has 0 fully saturated rings. The van der Waals surface area contributed by atoms with Crippen LogP contribution in [0.4, 0.5) is 0 Å². The minimum atomic E-state index is -0.536. The van der Waals surface area contributed by atoms with E-state index in [1.165, 1.54) is 18.2 Å². The second kappa shape index (κ2) is 7.27. The van der Waals surface area contributed by atoms with Crippen LogP contribution in [0.25, 0.3) is 10.8 Å². The molecule has 2 aromatic rings. The largest absolute Gasteiger partial charge is 0.386 e. The summed E-state index contributed by atoms with van der Waals surface area (Å²) in [6.07, 6.45) is 2.91. The maximum atomic E-state index is 10.1. The van der Waals surface area contributed by atoms with Gasteiger partial charge in [-0.25, -0.2) is 0 Å². The molecule has 0 spiro atoms. The summed E-state index contributed by atoms with van der Waals surface area (Å²) in [4.78, 5) is 0. The van der Waals surface area contributed by atoms with Gasteiger partial charge in [0, 0.05) is 6.61 Å². The van der Waals surface area contributed by atoms with Crippen LogP contribution in [-0.2, 0) is 4.74 Å². The molecular formula is C17H22O2. The van der Waals surface area contributed by atoms with Crippen LogP contribution in [0.2, 0.25) is 0 Å². The molecule has 1 atom stereocenters. The Kier molecular flexibility index (Phi) is 5.37. The van der Waals surface area contributed by atoms with E-state index in [4.69, 9.17) is 4.74 Å². The number of rotatable bonds is 7. The highest BCUT2D eigenvalue weighted by Gasteiger charge is 2.08. The SMILES string of the molecule is CCCCCOCC(O)c1ccc2ccccc2c1. The fourth-order valence-electron chi connectivity index (χ4n) is 2.16. The van der Waals surface area contributed by atoms with E-state index in [0.29, 0.717) is 6.61 Å². The van der Waals surface area contributed by atoms with Crippen molar-refractivity contribution in [2.45, 2.75) is 32.3 Å². The Bertz CT molecular complexity index is 507. The van der Waals surface area contributed by atoms with Gasteiger partial charge in [0.2, 0.25) is 0 Å². The third kappa shape index (κ3) is 4.05. The molecule has 0 aliphatic rings. The van der Waals surface area contributed by atoms with Crippen molar-refractivity contribution >= 4 is 10.8 Å². The molecular weight excluding hydrogens is 236 g/mol. The molecule has 0 saturated carbocycles. The third-order valence-electron chi connectivity index (χ3n) is 3.33. The lowest BCUT2D eigenvalue weighted by Gasteiger charge is -2.12. The maximum absolute atomic E-state index is 10.1. The zero-order valence-electron chi connectivity index (χ0n) is 11.5. The van der Waals surface area contributed by atoms with Gasteiger partial charge in [-0.1, -0.05) is 56.2 Å². The van der Waals surface area contributed by atoms with Crippen molar-refractivity contribution in [2.75, 3.05) is 13.2 Å². The average molecular weight is 258 g/mol. The quantitative estimate of drug-likeness (QED) is 0.758. The van der Waals surface area contributed by atoms with Gasteiger partial charge >= 0.3 is 0 Å². The minimum absolute atomic E-state index is 0.377. The number of hydrogen-bond acceptors (Lipinski definition) is 2. The first-order valence-corrected chi connectivity index (χ1v) is 7.05. The van der Waals surface area contributed by atoms with Gasteiger partial charge in [0.15, 0.2) is 0 Å². The molecule has 1 unspecified atom stereocenters. The Labute approximate surface area is 115 Å². The smallest absolute Gasteiger partial charge is 0.102 e. The summed E-state index contributed by atoms with van der Waals surface area (Å²) >= 11 is 0. The van der Waals surface area contributed by atoms with Crippen molar-refractivity contribution in [1.29, 1.82) is 0 Å². The lowest BCUT2D eigenvalue weighted by atomic mass is 10.0. The second-order valence-corrected chi connectivity index (χ2v) is 4.90. The molecule has 0 heterocycles. The first kappa shape index (κ1) is 14.0. The first-order chi connectivity index (χ1) is 9.31. The van der Waals surface area contributed by atoms with Crippen LogP contribution in [0.15, 0.2) is 42.5 Å². The van der Waals surface area contributed by atoms with Gasteiger partial charge in [0.1, 0.15) is 6.10 Å². The number of aliphatic hydroxyl groups excluding tert-OH is 1. The maximum Gasteiger partial charge on any atom is 0.102 e. The molecule has 0 amide bonds. The van der Waals surface area contributed by atoms with E-state index >= 15 is 0 Å². The van der Waals surface area contributed by atoms with E-state index in [0.717, 1.165) is 24.0 Å². The highest BCUT2D eigenvalue weighted by Crippen LogP contribution is 2.20. The van der Waals surface area contributed by atoms with Gasteiger partial charge < -0.3 is 9.84 Å². The summed E-state index contributed by atoms with van der Waals surface area (Å²) in [6, 6.07) is 14.2. The number of aliphatic hydroxyl groups is 1. The number of benzene rings is 2. The molecule has 0 aromatic heterocycles. The summed E-state index contributed by atoms with van der Waals surface area (Å²) < 4.78 is 5.51. The summed E-state index contributed by atoms with van der Waals surface area (Å²) in [5.41, 5.74) is 0.925. The van der Waals surface area contributed by atoms with Gasteiger partial charge in [-0.15, -0.1) is 0 Å². The van der Waals surface area contributed by atoms with E-state index in [-0.39, 0.29) is 0 Å². The Hall–Kier alpha value is -1.38. The van der Waals surface area contributed by atoms with E-state index in [9.17, 15) is 5.11 Å². The molecule has 1 N–H and O–H groups in total. The molecule has 0 saturated heterocycles. The molecule has 0 aliphatic carbocycles. The number of hydrogen-bond donors (Lipinski definition) is 1. The molecule has 0 radical (unpaired) electrons. The van der Waals surface area contributed by atoms with Crippen LogP contribution in [0.3, 0.4) is 0 Å². The monoisotopic (exact) mass is 258 g/mol. The minimum Gasteiger partial charge on any atom is -0.386 e. The number of unbranched alkanes of at least 4 members (excludes halogenated alkanes) is 2. The molecule has 2 rings (SSSR count). The average Bonchev–Trinajstić information content (AvgIpc) is 2.46. The van der Waals surface area contributed by atoms with Crippen molar-refractivity contribution < 1.29 is 9.84 Å². The molecule has 102 valence electrons. The van der Waals surface area contributed by atoms with Crippen LogP contribution in [0, 0.1) is 0 Å². The molecule has 19 heavy (non-hydrogen) atoms. The van der Waals surface area contributed by atoms with Crippen LogP contribution < -0.4 is 0 Å². The van der Waals surface area contributed by atoms with Crippen LogP contribution in [0.1, 0.15) is 37.9 Å². The molecule has 0 bridgehead atoms. The predicted octanol–water partition coefficient (Wildman–Crippen LogP) is 4.08. The third-order valence-corrected chi connectivity index (χ3v) is 3.33. The summed E-state index contributed by atoms with van der Waals surface area (Å²) in [5, 5.41) is 12.5. The first-order valence-electron chi connectivity index (χ1n) is 7.05. The van der Waals surface area contributed by atoms with E-state index < -0.39 is 6.10 Å². The Balaban J connectivity index is 1.91. The lowest BCUT2D eigenvalue weighted by Crippen LogP contribution is -2.08. The normalized spacial score (nSPS) is 12.7. The van der Waals surface area contributed by atoms with E-state index in [1.54, 1.807) is 0 Å². The summed E-state index contributed by atoms with van der Waals surface area (Å²) in [5.74, 6) is 0. The van der Waals surface area contributed by atoms with Gasteiger partial charge in [-0.3, -0.25) is 0 Å². The Morgan fingerprint density at radius 3 is 2.63 bits per heavy atom. The van der Waals surface area contributed by atoms with Gasteiger partial charge in [0.25, 0.3) is 0 Å². The molecule has 2 nitrogen and oxygen atoms in total. The van der Waals surface area contributed by atoms with Gasteiger partial charge in [-0.2, -0.15) is 0 Å². The zero-order valence-corrected chi connectivity index (χ0v) is 11.5. The Morgan fingerprint density at radius 1 is 1.05 bits per heavy atom. The van der Waals surface area contributed by atoms with Crippen molar-refractivity contribution in [2.24, 2.45) is 0 Å². The van der Waals surface area contributed by atoms with Crippen LogP contribution in [0.5, 0.6) is 0 Å². The van der Waals surface area contributed by atoms with Gasteiger partial charge in [-0.05, 0) is 28.8 Å². The van der Waals surface area contributed by atoms with Crippen LogP contribution >= 0.6 is 0 Å². The Morgan fingerprint density at radius 2 is 1.84 bits per heavy atom. The standard InChI is InChI=1S/C17H22O2/c1-2-3-6-11-19-13-17(18)16-10-9-14-7-4-5-8-15(14)12-16/h4-5,7-10,12,17-18H,2-3,6,11,13H2,1H3. The molecule has 0 aliphatic heterocycles. The van der Waals surface area contributed by atoms with Crippen molar-refractivity contribution in [3.05, 3.63) is 48.0 Å². The fourth-order valence-corrected chi connectivity index (χ4v) is 2.16. The highest BCUT2D eigenvalue weighted by atomic mass is 16.5. The molecule has 2 aromatic carbocycles.